The largest absolute Gasteiger partial charge is 0.354 e. The van der Waals surface area contributed by atoms with Crippen LogP contribution in [0.2, 0.25) is 0 Å². The fourth-order valence-electron chi connectivity index (χ4n) is 3.53. The summed E-state index contributed by atoms with van der Waals surface area (Å²) in [5.41, 5.74) is 2.27. The summed E-state index contributed by atoms with van der Waals surface area (Å²) in [6.45, 7) is 6.17. The van der Waals surface area contributed by atoms with Gasteiger partial charge in [0.15, 0.2) is 0 Å². The number of benzene rings is 2. The van der Waals surface area contributed by atoms with Crippen LogP contribution < -0.4 is 9.62 Å². The number of sulfonamides is 1. The van der Waals surface area contributed by atoms with E-state index in [4.69, 9.17) is 0 Å². The summed E-state index contributed by atoms with van der Waals surface area (Å²) in [5, 5.41) is 2.91. The molecule has 0 saturated carbocycles. The highest BCUT2D eigenvalue weighted by molar-refractivity contribution is 7.92. The Morgan fingerprint density at radius 1 is 1.00 bits per heavy atom. The van der Waals surface area contributed by atoms with Crippen LogP contribution in [0.1, 0.15) is 44.2 Å². The van der Waals surface area contributed by atoms with Crippen molar-refractivity contribution in [2.24, 2.45) is 0 Å². The number of nitrogens with zero attached hydrogens (tertiary/aromatic N) is 2. The fourth-order valence-corrected chi connectivity index (χ4v) is 4.38. The number of carbonyl (C=O) groups is 2. The summed E-state index contributed by atoms with van der Waals surface area (Å²) in [4.78, 5) is 27.9. The highest BCUT2D eigenvalue weighted by atomic mass is 32.2. The van der Waals surface area contributed by atoms with Crippen LogP contribution in [0.4, 0.5) is 5.69 Å². The first kappa shape index (κ1) is 26.4. The zero-order valence-corrected chi connectivity index (χ0v) is 20.8. The van der Waals surface area contributed by atoms with E-state index in [1.54, 1.807) is 24.3 Å². The smallest absolute Gasteiger partial charge is 0.244 e. The van der Waals surface area contributed by atoms with E-state index in [9.17, 15) is 18.0 Å². The van der Waals surface area contributed by atoms with Crippen molar-refractivity contribution in [1.82, 2.24) is 10.2 Å². The number of hydrogen-bond acceptors (Lipinski definition) is 4. The maximum Gasteiger partial charge on any atom is 0.244 e. The molecule has 2 aromatic rings. The van der Waals surface area contributed by atoms with Gasteiger partial charge in [0.25, 0.3) is 0 Å². The zero-order valence-electron chi connectivity index (χ0n) is 20.0. The Hall–Kier alpha value is -2.87. The lowest BCUT2D eigenvalue weighted by molar-refractivity contribution is -0.140. The van der Waals surface area contributed by atoms with Gasteiger partial charge in [-0.15, -0.1) is 0 Å². The lowest BCUT2D eigenvalue weighted by atomic mass is 10.1. The van der Waals surface area contributed by atoms with E-state index in [2.05, 4.69) is 5.32 Å². The number of amides is 2. The molecule has 2 aromatic carbocycles. The van der Waals surface area contributed by atoms with Crippen LogP contribution in [0.3, 0.4) is 0 Å². The molecule has 0 saturated heterocycles. The molecule has 0 aliphatic carbocycles. The predicted molar refractivity (Wildman–Crippen MR) is 132 cm³/mol. The van der Waals surface area contributed by atoms with Crippen LogP contribution in [0, 0.1) is 6.92 Å². The lowest BCUT2D eigenvalue weighted by Gasteiger charge is -2.33. The van der Waals surface area contributed by atoms with Gasteiger partial charge in [0, 0.05) is 13.1 Å². The molecular formula is C25H35N3O4S. The van der Waals surface area contributed by atoms with E-state index in [1.807, 2.05) is 51.1 Å². The Kier molecular flexibility index (Phi) is 9.91. The Morgan fingerprint density at radius 3 is 2.18 bits per heavy atom. The standard InChI is InChI=1S/C25H35N3O4S/c1-5-7-17-26-25(30)23(6-2)27(18-21-11-9-8-10-12-21)24(29)19-28(33(4,31)32)22-15-13-20(3)14-16-22/h8-16,23H,5-7,17-19H2,1-4H3,(H,26,30)/t23-/m0/s1. The molecule has 0 fully saturated rings. The van der Waals surface area contributed by atoms with Gasteiger partial charge in [-0.2, -0.15) is 0 Å². The summed E-state index contributed by atoms with van der Waals surface area (Å²) >= 11 is 0. The molecule has 180 valence electrons. The van der Waals surface area contributed by atoms with E-state index < -0.39 is 22.0 Å². The van der Waals surface area contributed by atoms with Crippen LogP contribution in [-0.2, 0) is 26.2 Å². The average Bonchev–Trinajstić information content (AvgIpc) is 2.78. The van der Waals surface area contributed by atoms with E-state index in [1.165, 1.54) is 4.90 Å². The molecule has 0 aromatic heterocycles. The van der Waals surface area contributed by atoms with Crippen molar-refractivity contribution in [3.05, 3.63) is 65.7 Å². The number of rotatable bonds is 12. The van der Waals surface area contributed by atoms with Gasteiger partial charge in [-0.3, -0.25) is 13.9 Å². The zero-order chi connectivity index (χ0) is 24.4. The second kappa shape index (κ2) is 12.4. The van der Waals surface area contributed by atoms with E-state index in [0.29, 0.717) is 18.7 Å². The molecule has 0 bridgehead atoms. The number of nitrogens with one attached hydrogen (secondary N) is 1. The molecule has 0 aliphatic heterocycles. The van der Waals surface area contributed by atoms with Gasteiger partial charge in [-0.1, -0.05) is 68.3 Å². The van der Waals surface area contributed by atoms with Crippen LogP contribution in [0.25, 0.3) is 0 Å². The molecular weight excluding hydrogens is 438 g/mol. The summed E-state index contributed by atoms with van der Waals surface area (Å²) in [6.07, 6.45) is 3.30. The van der Waals surface area contributed by atoms with E-state index >= 15 is 0 Å². The van der Waals surface area contributed by atoms with Gasteiger partial charge in [-0.05, 0) is 37.5 Å². The van der Waals surface area contributed by atoms with Gasteiger partial charge in [0.2, 0.25) is 21.8 Å². The molecule has 0 spiro atoms. The molecule has 2 amide bonds. The van der Waals surface area contributed by atoms with Gasteiger partial charge in [0.1, 0.15) is 12.6 Å². The fraction of sp³-hybridized carbons (Fsp3) is 0.440. The minimum atomic E-state index is -3.72. The molecule has 0 unspecified atom stereocenters. The molecule has 2 rings (SSSR count). The first-order valence-corrected chi connectivity index (χ1v) is 13.2. The van der Waals surface area contributed by atoms with Crippen molar-refractivity contribution >= 4 is 27.5 Å². The van der Waals surface area contributed by atoms with Crippen molar-refractivity contribution < 1.29 is 18.0 Å². The average molecular weight is 474 g/mol. The quantitative estimate of drug-likeness (QED) is 0.478. The molecule has 0 radical (unpaired) electrons. The maximum absolute atomic E-state index is 13.5. The van der Waals surface area contributed by atoms with Crippen molar-refractivity contribution in [3.8, 4) is 0 Å². The second-order valence-electron chi connectivity index (χ2n) is 8.18. The van der Waals surface area contributed by atoms with Crippen LogP contribution in [0.15, 0.2) is 54.6 Å². The SMILES string of the molecule is CCCCNC(=O)[C@H](CC)N(Cc1ccccc1)C(=O)CN(c1ccc(C)cc1)S(C)(=O)=O. The molecule has 0 aliphatic rings. The van der Waals surface area contributed by atoms with Crippen LogP contribution in [0.5, 0.6) is 0 Å². The van der Waals surface area contributed by atoms with Gasteiger partial charge in [0.05, 0.1) is 11.9 Å². The minimum Gasteiger partial charge on any atom is -0.354 e. The highest BCUT2D eigenvalue weighted by Crippen LogP contribution is 2.20. The lowest BCUT2D eigenvalue weighted by Crippen LogP contribution is -2.52. The third kappa shape index (κ3) is 7.89. The molecule has 1 N–H and O–H groups in total. The topological polar surface area (TPSA) is 86.8 Å². The van der Waals surface area contributed by atoms with Crippen molar-refractivity contribution in [2.45, 2.75) is 52.6 Å². The van der Waals surface area contributed by atoms with Crippen molar-refractivity contribution in [1.29, 1.82) is 0 Å². The third-order valence-corrected chi connectivity index (χ3v) is 6.55. The number of carbonyl (C=O) groups excluding carboxylic acids is 2. The van der Waals surface area contributed by atoms with Crippen LogP contribution in [-0.4, -0.2) is 50.5 Å². The molecule has 7 nitrogen and oxygen atoms in total. The second-order valence-corrected chi connectivity index (χ2v) is 10.1. The van der Waals surface area contributed by atoms with Crippen molar-refractivity contribution in [2.75, 3.05) is 23.7 Å². The summed E-state index contributed by atoms with van der Waals surface area (Å²) in [6, 6.07) is 15.7. The van der Waals surface area contributed by atoms with E-state index in [0.717, 1.165) is 34.5 Å². The number of aryl methyl sites for hydroxylation is 1. The Bertz CT molecular complexity index is 1010. The summed E-state index contributed by atoms with van der Waals surface area (Å²) < 4.78 is 26.2. The first-order valence-electron chi connectivity index (χ1n) is 11.3. The minimum absolute atomic E-state index is 0.213. The Balaban J connectivity index is 2.35. The predicted octanol–water partition coefficient (Wildman–Crippen LogP) is 3.48. The summed E-state index contributed by atoms with van der Waals surface area (Å²) in [5.74, 6) is -0.654. The molecule has 8 heteroatoms. The first-order chi connectivity index (χ1) is 15.7. The molecule has 33 heavy (non-hydrogen) atoms. The number of unbranched alkanes of at least 4 members (excludes halogenated alkanes) is 1. The Morgan fingerprint density at radius 2 is 1.64 bits per heavy atom. The van der Waals surface area contributed by atoms with Gasteiger partial charge >= 0.3 is 0 Å². The maximum atomic E-state index is 13.5. The van der Waals surface area contributed by atoms with Crippen LogP contribution >= 0.6 is 0 Å². The summed E-state index contributed by atoms with van der Waals surface area (Å²) in [7, 11) is -3.72. The van der Waals surface area contributed by atoms with Crippen molar-refractivity contribution in [3.63, 3.8) is 0 Å². The third-order valence-electron chi connectivity index (χ3n) is 5.41. The Labute approximate surface area is 197 Å². The monoisotopic (exact) mass is 473 g/mol. The highest BCUT2D eigenvalue weighted by Gasteiger charge is 2.31. The van der Waals surface area contributed by atoms with E-state index in [-0.39, 0.29) is 19.0 Å². The number of hydrogen-bond donors (Lipinski definition) is 1. The van der Waals surface area contributed by atoms with Gasteiger partial charge in [-0.25, -0.2) is 8.42 Å². The van der Waals surface area contributed by atoms with Gasteiger partial charge < -0.3 is 10.2 Å². The molecule has 1 atom stereocenters. The molecule has 0 heterocycles. The normalized spacial score (nSPS) is 12.1. The number of anilines is 1.